The topological polar surface area (TPSA) is 90.0 Å². The number of piperazine rings is 1. The SMILES string of the molecule is O=CN(O)C(C#Cc1ccccc1)CS(=O)(=O)N1CCNCC1=C1C=CC(c2ccccc2)=CC1. The number of hydrogen-bond acceptors (Lipinski definition) is 5. The van der Waals surface area contributed by atoms with E-state index in [-0.39, 0.29) is 13.0 Å². The fraction of sp³-hybridized carbons (Fsp3) is 0.222. The van der Waals surface area contributed by atoms with E-state index in [4.69, 9.17) is 0 Å². The molecule has 2 aliphatic rings. The van der Waals surface area contributed by atoms with E-state index in [0.717, 1.165) is 16.7 Å². The Morgan fingerprint density at radius 3 is 2.46 bits per heavy atom. The molecule has 2 aromatic rings. The van der Waals surface area contributed by atoms with Crippen molar-refractivity contribution >= 4 is 22.0 Å². The Balaban J connectivity index is 1.58. The van der Waals surface area contributed by atoms with Gasteiger partial charge in [0, 0.05) is 30.9 Å². The van der Waals surface area contributed by atoms with Crippen LogP contribution in [0.25, 0.3) is 5.57 Å². The summed E-state index contributed by atoms with van der Waals surface area (Å²) < 4.78 is 28.3. The van der Waals surface area contributed by atoms with Crippen LogP contribution in [0.1, 0.15) is 17.5 Å². The summed E-state index contributed by atoms with van der Waals surface area (Å²) in [5, 5.41) is 13.6. The highest BCUT2D eigenvalue weighted by Crippen LogP contribution is 2.28. The molecule has 180 valence electrons. The van der Waals surface area contributed by atoms with Crippen molar-refractivity contribution in [1.29, 1.82) is 0 Å². The van der Waals surface area contributed by atoms with E-state index in [2.05, 4.69) is 23.2 Å². The zero-order valence-corrected chi connectivity index (χ0v) is 20.0. The van der Waals surface area contributed by atoms with Gasteiger partial charge in [0.2, 0.25) is 16.4 Å². The molecule has 4 rings (SSSR count). The van der Waals surface area contributed by atoms with Crippen molar-refractivity contribution in [1.82, 2.24) is 14.7 Å². The van der Waals surface area contributed by atoms with Gasteiger partial charge in [-0.3, -0.25) is 14.3 Å². The first-order chi connectivity index (χ1) is 17.0. The molecule has 1 heterocycles. The van der Waals surface area contributed by atoms with Crippen molar-refractivity contribution in [3.05, 3.63) is 101 Å². The summed E-state index contributed by atoms with van der Waals surface area (Å²) in [5.74, 6) is 5.06. The second kappa shape index (κ2) is 11.2. The molecular formula is C27H27N3O4S. The van der Waals surface area contributed by atoms with Crippen LogP contribution in [0.5, 0.6) is 0 Å². The van der Waals surface area contributed by atoms with Crippen LogP contribution in [-0.2, 0) is 14.8 Å². The fourth-order valence-electron chi connectivity index (χ4n) is 4.03. The van der Waals surface area contributed by atoms with Crippen molar-refractivity contribution in [3.8, 4) is 11.8 Å². The minimum absolute atomic E-state index is 0.177. The highest BCUT2D eigenvalue weighted by molar-refractivity contribution is 7.89. The van der Waals surface area contributed by atoms with Gasteiger partial charge in [0.15, 0.2) is 0 Å². The molecule has 0 aromatic heterocycles. The average molecular weight is 490 g/mol. The smallest absolute Gasteiger partial charge is 0.238 e. The van der Waals surface area contributed by atoms with Crippen LogP contribution in [0, 0.1) is 11.8 Å². The molecule has 0 radical (unpaired) electrons. The molecule has 1 fully saturated rings. The number of allylic oxidation sites excluding steroid dienone is 5. The molecular weight excluding hydrogens is 462 g/mol. The summed E-state index contributed by atoms with van der Waals surface area (Å²) in [6, 6.07) is 17.8. The van der Waals surface area contributed by atoms with Crippen molar-refractivity contribution in [2.45, 2.75) is 12.5 Å². The van der Waals surface area contributed by atoms with Crippen LogP contribution in [0.15, 0.2) is 90.2 Å². The second-order valence-electron chi connectivity index (χ2n) is 8.20. The van der Waals surface area contributed by atoms with E-state index >= 15 is 0 Å². The zero-order valence-electron chi connectivity index (χ0n) is 19.2. The van der Waals surface area contributed by atoms with Crippen LogP contribution in [0.2, 0.25) is 0 Å². The van der Waals surface area contributed by atoms with Gasteiger partial charge in [0.05, 0.1) is 0 Å². The second-order valence-corrected chi connectivity index (χ2v) is 10.1. The monoisotopic (exact) mass is 489 g/mol. The van der Waals surface area contributed by atoms with Gasteiger partial charge < -0.3 is 5.32 Å². The molecule has 0 spiro atoms. The van der Waals surface area contributed by atoms with Crippen molar-refractivity contribution in [2.75, 3.05) is 25.4 Å². The number of amides is 1. The van der Waals surface area contributed by atoms with Crippen LogP contribution in [0.4, 0.5) is 0 Å². The Hall–Kier alpha value is -3.64. The van der Waals surface area contributed by atoms with Gasteiger partial charge in [-0.2, -0.15) is 0 Å². The molecule has 2 aromatic carbocycles. The van der Waals surface area contributed by atoms with E-state index < -0.39 is 21.8 Å². The number of hydroxylamine groups is 2. The lowest BCUT2D eigenvalue weighted by molar-refractivity contribution is -0.153. The zero-order chi connectivity index (χ0) is 24.7. The molecule has 35 heavy (non-hydrogen) atoms. The number of sulfonamides is 1. The molecule has 2 N–H and O–H groups in total. The highest BCUT2D eigenvalue weighted by Gasteiger charge is 2.32. The predicted octanol–water partition coefficient (Wildman–Crippen LogP) is 2.79. The molecule has 0 bridgehead atoms. The number of hydrogen-bond donors (Lipinski definition) is 2. The van der Waals surface area contributed by atoms with Crippen LogP contribution < -0.4 is 5.32 Å². The Morgan fingerprint density at radius 1 is 1.09 bits per heavy atom. The van der Waals surface area contributed by atoms with Gasteiger partial charge >= 0.3 is 0 Å². The minimum atomic E-state index is -3.89. The first kappa shape index (κ1) is 24.5. The lowest BCUT2D eigenvalue weighted by atomic mass is 9.95. The van der Waals surface area contributed by atoms with Gasteiger partial charge in [-0.25, -0.2) is 13.5 Å². The quantitative estimate of drug-likeness (QED) is 0.282. The van der Waals surface area contributed by atoms with Crippen molar-refractivity contribution < 1.29 is 18.4 Å². The maximum atomic E-state index is 13.5. The number of nitrogens with zero attached hydrogens (tertiary/aromatic N) is 2. The molecule has 0 saturated carbocycles. The summed E-state index contributed by atoms with van der Waals surface area (Å²) >= 11 is 0. The maximum absolute atomic E-state index is 13.5. The van der Waals surface area contributed by atoms with Crippen LogP contribution in [-0.4, -0.2) is 60.8 Å². The molecule has 1 amide bonds. The van der Waals surface area contributed by atoms with E-state index in [0.29, 0.717) is 35.8 Å². The lowest BCUT2D eigenvalue weighted by Crippen LogP contribution is -2.49. The summed E-state index contributed by atoms with van der Waals surface area (Å²) in [7, 11) is -3.89. The summed E-state index contributed by atoms with van der Waals surface area (Å²) in [6.07, 6.45) is 6.82. The average Bonchev–Trinajstić information content (AvgIpc) is 2.91. The van der Waals surface area contributed by atoms with E-state index in [1.54, 1.807) is 24.3 Å². The molecule has 1 atom stereocenters. The highest BCUT2D eigenvalue weighted by atomic mass is 32.2. The molecule has 8 heteroatoms. The van der Waals surface area contributed by atoms with Gasteiger partial charge in [0.25, 0.3) is 0 Å². The number of carbonyl (C=O) groups excluding carboxylic acids is 1. The molecule has 1 saturated heterocycles. The van der Waals surface area contributed by atoms with E-state index in [1.807, 2.05) is 48.6 Å². The first-order valence-corrected chi connectivity index (χ1v) is 12.9. The number of rotatable bonds is 6. The molecule has 1 unspecified atom stereocenters. The molecule has 1 aliphatic heterocycles. The molecule has 7 nitrogen and oxygen atoms in total. The predicted molar refractivity (Wildman–Crippen MR) is 135 cm³/mol. The van der Waals surface area contributed by atoms with E-state index in [1.165, 1.54) is 4.31 Å². The summed E-state index contributed by atoms with van der Waals surface area (Å²) in [5.41, 5.74) is 4.43. The maximum Gasteiger partial charge on any atom is 0.238 e. The standard InChI is InChI=1S/C27H27N3O4S/c31-21-29(32)26(16-11-22-7-3-1-4-8-22)20-35(33,34)30-18-17-28-19-27(30)25-14-12-24(13-15-25)23-9-5-2-6-10-23/h1-10,12-14,21,26,28,32H,15,17-20H2. The van der Waals surface area contributed by atoms with Gasteiger partial charge in [-0.15, -0.1) is 0 Å². The number of nitrogens with one attached hydrogen (secondary N) is 1. The lowest BCUT2D eigenvalue weighted by Gasteiger charge is -2.34. The molecule has 1 aliphatic carbocycles. The summed E-state index contributed by atoms with van der Waals surface area (Å²) in [4.78, 5) is 11.2. The Morgan fingerprint density at radius 2 is 1.80 bits per heavy atom. The first-order valence-electron chi connectivity index (χ1n) is 11.3. The third-order valence-corrected chi connectivity index (χ3v) is 7.67. The third-order valence-electron chi connectivity index (χ3n) is 5.86. The van der Waals surface area contributed by atoms with Crippen LogP contribution in [0.3, 0.4) is 0 Å². The fourth-order valence-corrected chi connectivity index (χ4v) is 5.73. The number of benzene rings is 2. The van der Waals surface area contributed by atoms with Gasteiger partial charge in [0.1, 0.15) is 11.8 Å². The summed E-state index contributed by atoms with van der Waals surface area (Å²) in [6.45, 7) is 1.17. The van der Waals surface area contributed by atoms with E-state index in [9.17, 15) is 18.4 Å². The Kier molecular flexibility index (Phi) is 7.83. The Bertz CT molecular complexity index is 1310. The number of carbonyl (C=O) groups is 1. The van der Waals surface area contributed by atoms with Crippen molar-refractivity contribution in [3.63, 3.8) is 0 Å². The minimum Gasteiger partial charge on any atom is -0.309 e. The van der Waals surface area contributed by atoms with Crippen molar-refractivity contribution in [2.24, 2.45) is 0 Å². The third kappa shape index (κ3) is 6.08. The largest absolute Gasteiger partial charge is 0.309 e. The van der Waals surface area contributed by atoms with Gasteiger partial charge in [-0.05, 0) is 35.3 Å². The van der Waals surface area contributed by atoms with Gasteiger partial charge in [-0.1, -0.05) is 78.6 Å². The Labute approximate surface area is 206 Å². The normalized spacial score (nSPS) is 18.8. The van der Waals surface area contributed by atoms with Crippen LogP contribution >= 0.6 is 0 Å².